The van der Waals surface area contributed by atoms with E-state index in [0.29, 0.717) is 13.0 Å². The Bertz CT molecular complexity index is 448. The summed E-state index contributed by atoms with van der Waals surface area (Å²) in [6.45, 7) is 5.36. The van der Waals surface area contributed by atoms with Gasteiger partial charge in [0.2, 0.25) is 0 Å². The van der Waals surface area contributed by atoms with Gasteiger partial charge in [-0.2, -0.15) is 0 Å². The van der Waals surface area contributed by atoms with E-state index in [1.807, 2.05) is 43.0 Å². The molecule has 1 aliphatic rings. The maximum Gasteiger partial charge on any atom is 0.263 e. The molecule has 2 atom stereocenters. The third kappa shape index (κ3) is 3.47. The van der Waals surface area contributed by atoms with E-state index in [9.17, 15) is 4.79 Å². The van der Waals surface area contributed by atoms with Crippen LogP contribution in [0.25, 0.3) is 0 Å². The highest BCUT2D eigenvalue weighted by atomic mass is 16.5. The molecule has 0 bridgehead atoms. The van der Waals surface area contributed by atoms with Crippen molar-refractivity contribution in [2.45, 2.75) is 38.8 Å². The summed E-state index contributed by atoms with van der Waals surface area (Å²) in [7, 11) is 0. The number of amides is 1. The molecule has 0 radical (unpaired) electrons. The summed E-state index contributed by atoms with van der Waals surface area (Å²) in [5.41, 5.74) is 6.97. The van der Waals surface area contributed by atoms with Gasteiger partial charge in [-0.05, 0) is 37.5 Å². The van der Waals surface area contributed by atoms with Gasteiger partial charge in [0.25, 0.3) is 5.91 Å². The van der Waals surface area contributed by atoms with Crippen molar-refractivity contribution in [3.05, 3.63) is 29.8 Å². The number of hydrogen-bond donors (Lipinski definition) is 1. The number of carbonyl (C=O) groups is 1. The second kappa shape index (κ2) is 6.06. The summed E-state index contributed by atoms with van der Waals surface area (Å²) in [6.07, 6.45) is 1.14. The molecule has 19 heavy (non-hydrogen) atoms. The number of likely N-dealkylation sites (tertiary alicyclic amines) is 1. The molecule has 0 saturated carbocycles. The molecule has 4 nitrogen and oxygen atoms in total. The molecule has 0 unspecified atom stereocenters. The number of hydrogen-bond acceptors (Lipinski definition) is 3. The van der Waals surface area contributed by atoms with Gasteiger partial charge >= 0.3 is 0 Å². The highest BCUT2D eigenvalue weighted by Gasteiger charge is 2.29. The van der Waals surface area contributed by atoms with Crippen molar-refractivity contribution >= 4 is 5.91 Å². The maximum atomic E-state index is 12.4. The van der Waals surface area contributed by atoms with Crippen LogP contribution >= 0.6 is 0 Å². The van der Waals surface area contributed by atoms with Crippen molar-refractivity contribution in [3.8, 4) is 5.75 Å². The Balaban J connectivity index is 2.01. The molecule has 1 aliphatic heterocycles. The van der Waals surface area contributed by atoms with Gasteiger partial charge in [0.1, 0.15) is 5.75 Å². The van der Waals surface area contributed by atoms with Gasteiger partial charge in [0, 0.05) is 19.1 Å². The van der Waals surface area contributed by atoms with Crippen LogP contribution in [0.5, 0.6) is 5.75 Å². The molecule has 1 aromatic rings. The minimum Gasteiger partial charge on any atom is -0.481 e. The van der Waals surface area contributed by atoms with Crippen LogP contribution in [0.15, 0.2) is 24.3 Å². The highest BCUT2D eigenvalue weighted by Crippen LogP contribution is 2.18. The smallest absolute Gasteiger partial charge is 0.263 e. The van der Waals surface area contributed by atoms with E-state index in [-0.39, 0.29) is 11.9 Å². The quantitative estimate of drug-likeness (QED) is 0.898. The van der Waals surface area contributed by atoms with Crippen molar-refractivity contribution in [2.24, 2.45) is 5.73 Å². The van der Waals surface area contributed by atoms with E-state index in [1.165, 1.54) is 0 Å². The van der Waals surface area contributed by atoms with Crippen LogP contribution < -0.4 is 10.5 Å². The standard InChI is InChI=1S/C15H22N2O2/c1-3-14(15(18)17-8-7-12(16)10-17)19-13-6-4-5-11(2)9-13/h4-6,9,12,14H,3,7-8,10,16H2,1-2H3/t12-,14+/m1/s1. The Hall–Kier alpha value is -1.55. The van der Waals surface area contributed by atoms with Crippen LogP contribution in [0.3, 0.4) is 0 Å². The topological polar surface area (TPSA) is 55.6 Å². The molecule has 1 fully saturated rings. The molecule has 1 heterocycles. The van der Waals surface area contributed by atoms with Gasteiger partial charge in [-0.15, -0.1) is 0 Å². The van der Waals surface area contributed by atoms with Crippen LogP contribution in [0, 0.1) is 6.92 Å². The summed E-state index contributed by atoms with van der Waals surface area (Å²) in [5, 5.41) is 0. The molecule has 1 amide bonds. The molecule has 0 spiro atoms. The normalized spacial score (nSPS) is 20.4. The SMILES string of the molecule is CC[C@H](Oc1cccc(C)c1)C(=O)N1CC[C@@H](N)C1. The lowest BCUT2D eigenvalue weighted by atomic mass is 10.2. The van der Waals surface area contributed by atoms with Crippen molar-refractivity contribution in [1.29, 1.82) is 0 Å². The first kappa shape index (κ1) is 13.9. The number of benzene rings is 1. The Morgan fingerprint density at radius 1 is 1.58 bits per heavy atom. The fourth-order valence-corrected chi connectivity index (χ4v) is 2.35. The van der Waals surface area contributed by atoms with Crippen molar-refractivity contribution < 1.29 is 9.53 Å². The van der Waals surface area contributed by atoms with Gasteiger partial charge in [-0.25, -0.2) is 0 Å². The van der Waals surface area contributed by atoms with Crippen LogP contribution in [0.2, 0.25) is 0 Å². The Labute approximate surface area is 114 Å². The first-order valence-corrected chi connectivity index (χ1v) is 6.88. The van der Waals surface area contributed by atoms with E-state index >= 15 is 0 Å². The summed E-state index contributed by atoms with van der Waals surface area (Å²) < 4.78 is 5.82. The number of ether oxygens (including phenoxy) is 1. The number of nitrogens with two attached hydrogens (primary N) is 1. The highest BCUT2D eigenvalue weighted by molar-refractivity contribution is 5.81. The predicted octanol–water partition coefficient (Wildman–Crippen LogP) is 1.71. The largest absolute Gasteiger partial charge is 0.481 e. The molecule has 1 aromatic carbocycles. The fraction of sp³-hybridized carbons (Fsp3) is 0.533. The summed E-state index contributed by atoms with van der Waals surface area (Å²) in [6, 6.07) is 7.90. The minimum absolute atomic E-state index is 0.0527. The third-order valence-corrected chi connectivity index (χ3v) is 3.45. The number of nitrogens with zero attached hydrogens (tertiary/aromatic N) is 1. The summed E-state index contributed by atoms with van der Waals surface area (Å²) >= 11 is 0. The number of carbonyl (C=O) groups excluding carboxylic acids is 1. The van der Waals surface area contributed by atoms with Crippen LogP contribution in [0.1, 0.15) is 25.3 Å². The first-order valence-electron chi connectivity index (χ1n) is 6.88. The van der Waals surface area contributed by atoms with E-state index in [0.717, 1.165) is 24.3 Å². The predicted molar refractivity (Wildman–Crippen MR) is 75.1 cm³/mol. The van der Waals surface area contributed by atoms with Gasteiger partial charge in [0.15, 0.2) is 6.10 Å². The third-order valence-electron chi connectivity index (χ3n) is 3.45. The molecular weight excluding hydrogens is 240 g/mol. The molecule has 4 heteroatoms. The van der Waals surface area contributed by atoms with Gasteiger partial charge in [0.05, 0.1) is 0 Å². The Kier molecular flexibility index (Phi) is 4.43. The molecule has 104 valence electrons. The van der Waals surface area contributed by atoms with Gasteiger partial charge in [-0.1, -0.05) is 19.1 Å². The van der Waals surface area contributed by atoms with Crippen LogP contribution in [-0.4, -0.2) is 36.0 Å². The van der Waals surface area contributed by atoms with E-state index in [1.54, 1.807) is 0 Å². The molecule has 2 rings (SSSR count). The number of rotatable bonds is 4. The van der Waals surface area contributed by atoms with Gasteiger partial charge in [-0.3, -0.25) is 4.79 Å². The average molecular weight is 262 g/mol. The van der Waals surface area contributed by atoms with E-state index in [2.05, 4.69) is 0 Å². The minimum atomic E-state index is -0.410. The second-order valence-electron chi connectivity index (χ2n) is 5.16. The molecule has 2 N–H and O–H groups in total. The van der Waals surface area contributed by atoms with Crippen molar-refractivity contribution in [2.75, 3.05) is 13.1 Å². The second-order valence-corrected chi connectivity index (χ2v) is 5.16. The monoisotopic (exact) mass is 262 g/mol. The average Bonchev–Trinajstić information content (AvgIpc) is 2.82. The molecule has 0 aromatic heterocycles. The summed E-state index contributed by atoms with van der Waals surface area (Å²) in [5.74, 6) is 0.806. The Morgan fingerprint density at radius 2 is 2.37 bits per heavy atom. The lowest BCUT2D eigenvalue weighted by Gasteiger charge is -2.23. The van der Waals surface area contributed by atoms with Crippen molar-refractivity contribution in [1.82, 2.24) is 4.90 Å². The van der Waals surface area contributed by atoms with Crippen molar-refractivity contribution in [3.63, 3.8) is 0 Å². The first-order chi connectivity index (χ1) is 9.10. The Morgan fingerprint density at radius 3 is 2.95 bits per heavy atom. The molecule has 0 aliphatic carbocycles. The zero-order chi connectivity index (χ0) is 13.8. The lowest BCUT2D eigenvalue weighted by molar-refractivity contribution is -0.137. The molecule has 1 saturated heterocycles. The van der Waals surface area contributed by atoms with E-state index < -0.39 is 6.10 Å². The maximum absolute atomic E-state index is 12.4. The lowest BCUT2D eigenvalue weighted by Crippen LogP contribution is -2.41. The molecular formula is C15H22N2O2. The number of aryl methyl sites for hydroxylation is 1. The zero-order valence-corrected chi connectivity index (χ0v) is 11.6. The van der Waals surface area contributed by atoms with E-state index in [4.69, 9.17) is 10.5 Å². The fourth-order valence-electron chi connectivity index (χ4n) is 2.35. The summed E-state index contributed by atoms with van der Waals surface area (Å²) in [4.78, 5) is 14.2. The van der Waals surface area contributed by atoms with Crippen LogP contribution in [0.4, 0.5) is 0 Å². The van der Waals surface area contributed by atoms with Gasteiger partial charge < -0.3 is 15.4 Å². The zero-order valence-electron chi connectivity index (χ0n) is 11.6. The van der Waals surface area contributed by atoms with Crippen LogP contribution in [-0.2, 0) is 4.79 Å².